The van der Waals surface area contributed by atoms with Gasteiger partial charge in [-0.25, -0.2) is 4.57 Å². The predicted molar refractivity (Wildman–Crippen MR) is 280 cm³/mol. The van der Waals surface area contributed by atoms with Crippen molar-refractivity contribution in [3.63, 3.8) is 0 Å². The van der Waals surface area contributed by atoms with E-state index in [9.17, 15) is 19.0 Å². The molecule has 10 heteroatoms. The number of phosphoric ester groups is 1. The van der Waals surface area contributed by atoms with Gasteiger partial charge in [0.2, 0.25) is 0 Å². The standard InChI is InChI=1S/C56H106NO8P/c1-6-8-10-12-14-16-18-19-20-21-22-23-24-25-26-27-28-29-30-31-32-33-34-35-36-37-39-41-43-45-47-49-56(59)65-54(53-64-66(60,61)63-51-50-57(3,4)5)52-62-55(58)48-46-44-42-40-38-17-15-13-11-9-7-2/h18-19,21-22,24-25,54H,6-17,20,23,26-53H2,1-5H3/p+1/b19-18-,22-21-,25-24-. The van der Waals surface area contributed by atoms with Crippen LogP contribution < -0.4 is 0 Å². The van der Waals surface area contributed by atoms with Crippen LogP contribution in [0.25, 0.3) is 0 Å². The molecule has 0 aromatic heterocycles. The van der Waals surface area contributed by atoms with Gasteiger partial charge in [-0.1, -0.05) is 230 Å². The van der Waals surface area contributed by atoms with E-state index in [4.69, 9.17) is 18.5 Å². The minimum absolute atomic E-state index is 0.0338. The second-order valence-corrected chi connectivity index (χ2v) is 21.4. The summed E-state index contributed by atoms with van der Waals surface area (Å²) >= 11 is 0. The Morgan fingerprint density at radius 2 is 0.818 bits per heavy atom. The SMILES string of the molecule is CCCCCCC/C=C\C/C=C\C/C=C\CCCCCCCCCCCCCCCCCCC(=O)OC(COC(=O)CCCCCCCCCCCCC)COP(=O)(O)OCC[N+](C)(C)C. The number of ether oxygens (including phenoxy) is 2. The van der Waals surface area contributed by atoms with Crippen molar-refractivity contribution in [2.24, 2.45) is 0 Å². The third-order valence-corrected chi connectivity index (χ3v) is 13.2. The first-order valence-electron chi connectivity index (χ1n) is 27.7. The van der Waals surface area contributed by atoms with E-state index in [-0.39, 0.29) is 25.6 Å². The largest absolute Gasteiger partial charge is 0.472 e. The molecule has 0 saturated heterocycles. The van der Waals surface area contributed by atoms with Gasteiger partial charge in [-0.05, 0) is 51.4 Å². The molecule has 2 unspecified atom stereocenters. The topological polar surface area (TPSA) is 108 Å². The Morgan fingerprint density at radius 3 is 1.21 bits per heavy atom. The number of carbonyl (C=O) groups excluding carboxylic acids is 2. The van der Waals surface area contributed by atoms with E-state index in [1.807, 2.05) is 21.1 Å². The fourth-order valence-electron chi connectivity index (χ4n) is 7.85. The van der Waals surface area contributed by atoms with Gasteiger partial charge in [0.1, 0.15) is 19.8 Å². The molecule has 0 aliphatic carbocycles. The Hall–Kier alpha value is -1.77. The molecular weight excluding hydrogens is 846 g/mol. The second kappa shape index (κ2) is 48.3. The average Bonchev–Trinajstić information content (AvgIpc) is 3.27. The van der Waals surface area contributed by atoms with Crippen LogP contribution in [0.3, 0.4) is 0 Å². The fraction of sp³-hybridized carbons (Fsp3) is 0.857. The number of carbonyl (C=O) groups is 2. The van der Waals surface area contributed by atoms with E-state index in [1.165, 1.54) is 180 Å². The van der Waals surface area contributed by atoms with Crippen LogP contribution in [-0.4, -0.2) is 74.9 Å². The Balaban J connectivity index is 4.02. The molecule has 0 bridgehead atoms. The maximum Gasteiger partial charge on any atom is 0.472 e. The zero-order valence-electron chi connectivity index (χ0n) is 43.9. The number of quaternary nitrogens is 1. The quantitative estimate of drug-likeness (QED) is 0.0211. The van der Waals surface area contributed by atoms with Gasteiger partial charge < -0.3 is 18.9 Å². The Morgan fingerprint density at radius 1 is 0.470 bits per heavy atom. The lowest BCUT2D eigenvalue weighted by atomic mass is 10.0. The van der Waals surface area contributed by atoms with Crippen molar-refractivity contribution in [2.75, 3.05) is 47.5 Å². The second-order valence-electron chi connectivity index (χ2n) is 20.0. The summed E-state index contributed by atoms with van der Waals surface area (Å²) in [4.78, 5) is 35.5. The van der Waals surface area contributed by atoms with Crippen LogP contribution in [0.15, 0.2) is 36.5 Å². The molecular formula is C56H107NO8P+. The molecule has 66 heavy (non-hydrogen) atoms. The average molecular weight is 953 g/mol. The van der Waals surface area contributed by atoms with Gasteiger partial charge >= 0.3 is 19.8 Å². The lowest BCUT2D eigenvalue weighted by Crippen LogP contribution is -2.37. The minimum Gasteiger partial charge on any atom is -0.462 e. The number of esters is 2. The van der Waals surface area contributed by atoms with E-state index in [0.717, 1.165) is 44.9 Å². The van der Waals surface area contributed by atoms with Crippen molar-refractivity contribution in [1.82, 2.24) is 0 Å². The summed E-state index contributed by atoms with van der Waals surface area (Å²) in [6, 6.07) is 0. The highest BCUT2D eigenvalue weighted by molar-refractivity contribution is 7.47. The van der Waals surface area contributed by atoms with Gasteiger partial charge in [0, 0.05) is 12.8 Å². The van der Waals surface area contributed by atoms with Crippen molar-refractivity contribution in [1.29, 1.82) is 0 Å². The Labute approximate surface area is 408 Å². The number of hydrogen-bond acceptors (Lipinski definition) is 7. The van der Waals surface area contributed by atoms with Gasteiger partial charge in [0.05, 0.1) is 27.7 Å². The maximum atomic E-state index is 12.8. The first kappa shape index (κ1) is 64.2. The number of hydrogen-bond donors (Lipinski definition) is 1. The summed E-state index contributed by atoms with van der Waals surface area (Å²) in [5, 5.41) is 0. The van der Waals surface area contributed by atoms with Crippen LogP contribution in [0.2, 0.25) is 0 Å². The Kier molecular flexibility index (Phi) is 47.0. The van der Waals surface area contributed by atoms with Crippen LogP contribution >= 0.6 is 7.82 Å². The number of nitrogens with zero attached hydrogens (tertiary/aromatic N) is 1. The highest BCUT2D eigenvalue weighted by Crippen LogP contribution is 2.43. The molecule has 0 heterocycles. The third kappa shape index (κ3) is 51.6. The van der Waals surface area contributed by atoms with Crippen LogP contribution in [0.1, 0.15) is 258 Å². The van der Waals surface area contributed by atoms with Crippen LogP contribution in [0, 0.1) is 0 Å². The molecule has 0 radical (unpaired) electrons. The fourth-order valence-corrected chi connectivity index (χ4v) is 8.59. The summed E-state index contributed by atoms with van der Waals surface area (Å²) in [5.74, 6) is -0.788. The highest BCUT2D eigenvalue weighted by Gasteiger charge is 2.27. The number of likely N-dealkylation sites (N-methyl/N-ethyl adjacent to an activating group) is 1. The molecule has 0 saturated carbocycles. The van der Waals surface area contributed by atoms with Crippen molar-refractivity contribution < 1.29 is 42.1 Å². The number of phosphoric acid groups is 1. The number of rotatable bonds is 51. The summed E-state index contributed by atoms with van der Waals surface area (Å²) < 4.78 is 34.4. The monoisotopic (exact) mass is 953 g/mol. The molecule has 0 aromatic carbocycles. The summed E-state index contributed by atoms with van der Waals surface area (Å²) in [6.07, 6.45) is 57.9. The van der Waals surface area contributed by atoms with Crippen LogP contribution in [-0.2, 0) is 32.7 Å². The zero-order valence-corrected chi connectivity index (χ0v) is 44.8. The molecule has 9 nitrogen and oxygen atoms in total. The molecule has 0 fully saturated rings. The predicted octanol–water partition coefficient (Wildman–Crippen LogP) is 16.8. The van der Waals surface area contributed by atoms with E-state index >= 15 is 0 Å². The zero-order chi connectivity index (χ0) is 48.5. The van der Waals surface area contributed by atoms with E-state index in [2.05, 4.69) is 50.3 Å². The van der Waals surface area contributed by atoms with Gasteiger partial charge in [0.15, 0.2) is 6.10 Å². The van der Waals surface area contributed by atoms with Gasteiger partial charge in [-0.15, -0.1) is 0 Å². The number of unbranched alkanes of at least 4 members (excludes halogenated alkanes) is 31. The third-order valence-electron chi connectivity index (χ3n) is 12.2. The summed E-state index contributed by atoms with van der Waals surface area (Å²) in [6.45, 7) is 4.43. The lowest BCUT2D eigenvalue weighted by Gasteiger charge is -2.24. The summed E-state index contributed by atoms with van der Waals surface area (Å²) in [7, 11) is 1.49. The number of allylic oxidation sites excluding steroid dienone is 6. The van der Waals surface area contributed by atoms with Crippen LogP contribution in [0.4, 0.5) is 0 Å². The molecule has 0 aromatic rings. The van der Waals surface area contributed by atoms with Gasteiger partial charge in [-0.2, -0.15) is 0 Å². The molecule has 0 amide bonds. The smallest absolute Gasteiger partial charge is 0.462 e. The Bertz CT molecular complexity index is 1210. The normalized spacial score (nSPS) is 13.6. The molecule has 0 rings (SSSR count). The first-order valence-corrected chi connectivity index (χ1v) is 29.2. The van der Waals surface area contributed by atoms with Crippen molar-refractivity contribution in [3.05, 3.63) is 36.5 Å². The lowest BCUT2D eigenvalue weighted by molar-refractivity contribution is -0.870. The maximum absolute atomic E-state index is 12.8. The van der Waals surface area contributed by atoms with Crippen molar-refractivity contribution in [3.8, 4) is 0 Å². The van der Waals surface area contributed by atoms with Gasteiger partial charge in [-0.3, -0.25) is 18.6 Å². The minimum atomic E-state index is -4.38. The van der Waals surface area contributed by atoms with Gasteiger partial charge in [0.25, 0.3) is 0 Å². The molecule has 0 aliphatic heterocycles. The van der Waals surface area contributed by atoms with Crippen molar-refractivity contribution in [2.45, 2.75) is 264 Å². The molecule has 1 N–H and O–H groups in total. The molecule has 0 aliphatic rings. The molecule has 2 atom stereocenters. The van der Waals surface area contributed by atoms with Crippen molar-refractivity contribution >= 4 is 19.8 Å². The highest BCUT2D eigenvalue weighted by atomic mass is 31.2. The summed E-state index contributed by atoms with van der Waals surface area (Å²) in [5.41, 5.74) is 0. The van der Waals surface area contributed by atoms with E-state index in [0.29, 0.717) is 23.9 Å². The van der Waals surface area contributed by atoms with Crippen LogP contribution in [0.5, 0.6) is 0 Å². The van der Waals surface area contributed by atoms with E-state index in [1.54, 1.807) is 0 Å². The molecule has 388 valence electrons. The van der Waals surface area contributed by atoms with E-state index < -0.39 is 26.5 Å². The first-order chi connectivity index (χ1) is 32.0. The molecule has 0 spiro atoms.